The van der Waals surface area contributed by atoms with E-state index in [0.717, 1.165) is 11.8 Å². The molecule has 12 heavy (non-hydrogen) atoms. The van der Waals surface area contributed by atoms with E-state index in [9.17, 15) is 13.2 Å². The third-order valence-corrected chi connectivity index (χ3v) is 2.10. The van der Waals surface area contributed by atoms with E-state index >= 15 is 0 Å². The van der Waals surface area contributed by atoms with E-state index < -0.39 is 11.9 Å². The number of halogens is 3. The first kappa shape index (κ1) is 9.44. The van der Waals surface area contributed by atoms with Crippen LogP contribution in [0.2, 0.25) is 0 Å². The highest BCUT2D eigenvalue weighted by Gasteiger charge is 2.35. The Kier molecular flexibility index (Phi) is 2.66. The maximum atomic E-state index is 12.1. The van der Waals surface area contributed by atoms with Crippen LogP contribution in [-0.2, 0) is 6.18 Å². The molecule has 0 atom stereocenters. The van der Waals surface area contributed by atoms with Crippen LogP contribution in [0.5, 0.6) is 0 Å². The number of H-pyrrole nitrogens is 1. The van der Waals surface area contributed by atoms with Gasteiger partial charge >= 0.3 is 6.18 Å². The highest BCUT2D eigenvalue weighted by molar-refractivity contribution is 7.99. The molecule has 0 aliphatic rings. The van der Waals surface area contributed by atoms with E-state index in [1.165, 1.54) is 6.20 Å². The van der Waals surface area contributed by atoms with Gasteiger partial charge in [0.1, 0.15) is 0 Å². The molecule has 1 rings (SSSR count). The minimum absolute atomic E-state index is 0.157. The van der Waals surface area contributed by atoms with Crippen molar-refractivity contribution in [3.8, 4) is 0 Å². The molecule has 0 unspecified atom stereocenters. The van der Waals surface area contributed by atoms with Crippen molar-refractivity contribution >= 4 is 11.8 Å². The van der Waals surface area contributed by atoms with Crippen LogP contribution in [0.25, 0.3) is 0 Å². The van der Waals surface area contributed by atoms with Gasteiger partial charge in [-0.2, -0.15) is 18.3 Å². The molecule has 2 nitrogen and oxygen atoms in total. The first-order chi connectivity index (χ1) is 5.55. The molecule has 0 amide bonds. The smallest absolute Gasteiger partial charge is 0.273 e. The molecule has 0 saturated heterocycles. The van der Waals surface area contributed by atoms with Gasteiger partial charge in [-0.1, -0.05) is 6.92 Å². The highest BCUT2D eigenvalue weighted by Crippen LogP contribution is 2.34. The van der Waals surface area contributed by atoms with Gasteiger partial charge in [0.05, 0.1) is 11.1 Å². The Morgan fingerprint density at radius 2 is 2.25 bits per heavy atom. The predicted octanol–water partition coefficient (Wildman–Crippen LogP) is 2.54. The topological polar surface area (TPSA) is 28.7 Å². The second-order valence-corrected chi connectivity index (χ2v) is 3.35. The number of rotatable bonds is 2. The lowest BCUT2D eigenvalue weighted by atomic mass is 10.4. The quantitative estimate of drug-likeness (QED) is 0.736. The van der Waals surface area contributed by atoms with Crippen LogP contribution in [0.1, 0.15) is 12.6 Å². The molecule has 1 heterocycles. The van der Waals surface area contributed by atoms with Gasteiger partial charge in [0.25, 0.3) is 0 Å². The lowest BCUT2D eigenvalue weighted by molar-refractivity contribution is -0.143. The van der Waals surface area contributed by atoms with Crippen LogP contribution in [0.15, 0.2) is 11.1 Å². The van der Waals surface area contributed by atoms with E-state index in [-0.39, 0.29) is 4.90 Å². The molecule has 1 aromatic heterocycles. The van der Waals surface area contributed by atoms with Crippen LogP contribution in [-0.4, -0.2) is 16.0 Å². The maximum absolute atomic E-state index is 12.1. The first-order valence-corrected chi connectivity index (χ1v) is 4.27. The Labute approximate surface area is 71.5 Å². The summed E-state index contributed by atoms with van der Waals surface area (Å²) in [7, 11) is 0. The van der Waals surface area contributed by atoms with E-state index in [1.807, 2.05) is 5.10 Å². The van der Waals surface area contributed by atoms with Crippen LogP contribution < -0.4 is 0 Å². The molecule has 0 aliphatic carbocycles. The number of nitrogens with one attached hydrogen (secondary N) is 1. The summed E-state index contributed by atoms with van der Waals surface area (Å²) in [5, 5.41) is 5.28. The van der Waals surface area contributed by atoms with Crippen LogP contribution in [0.4, 0.5) is 13.2 Å². The molecule has 68 valence electrons. The molecule has 0 bridgehead atoms. The molecule has 1 aromatic rings. The van der Waals surface area contributed by atoms with Crippen molar-refractivity contribution in [1.29, 1.82) is 0 Å². The molecular formula is C6H7F3N2S. The Morgan fingerprint density at radius 1 is 1.58 bits per heavy atom. The fourth-order valence-electron chi connectivity index (χ4n) is 0.743. The summed E-state index contributed by atoms with van der Waals surface area (Å²) in [4.78, 5) is 0.157. The minimum atomic E-state index is -4.33. The predicted molar refractivity (Wildman–Crippen MR) is 40.0 cm³/mol. The Hall–Kier alpha value is -0.650. The average Bonchev–Trinajstić information content (AvgIpc) is 2.34. The standard InChI is InChI=1S/C6H7F3N2S/c1-2-12-4-3-10-11-5(4)6(7,8)9/h3H,2H2,1H3,(H,10,11). The molecule has 0 saturated carbocycles. The van der Waals surface area contributed by atoms with Gasteiger partial charge in [0, 0.05) is 0 Å². The number of nitrogens with zero attached hydrogens (tertiary/aromatic N) is 1. The number of thioether (sulfide) groups is 1. The van der Waals surface area contributed by atoms with Gasteiger partial charge in [-0.15, -0.1) is 11.8 Å². The summed E-state index contributed by atoms with van der Waals surface area (Å²) in [5.41, 5.74) is -0.755. The van der Waals surface area contributed by atoms with E-state index in [0.29, 0.717) is 5.75 Å². The molecule has 0 fully saturated rings. The summed E-state index contributed by atoms with van der Waals surface area (Å²) >= 11 is 1.12. The molecule has 0 aromatic carbocycles. The van der Waals surface area contributed by atoms with Crippen molar-refractivity contribution in [1.82, 2.24) is 10.2 Å². The zero-order valence-corrected chi connectivity index (χ0v) is 7.09. The Balaban J connectivity index is 2.91. The largest absolute Gasteiger partial charge is 0.433 e. The normalized spacial score (nSPS) is 12.0. The Bertz CT molecular complexity index is 256. The third-order valence-electron chi connectivity index (χ3n) is 1.19. The number of aromatic amines is 1. The van der Waals surface area contributed by atoms with Gasteiger partial charge in [0.15, 0.2) is 5.69 Å². The SMILES string of the molecule is CCSc1cn[nH]c1C(F)(F)F. The fourth-order valence-corrected chi connectivity index (χ4v) is 1.49. The summed E-state index contributed by atoms with van der Waals surface area (Å²) in [6, 6.07) is 0. The van der Waals surface area contributed by atoms with Crippen molar-refractivity contribution in [2.45, 2.75) is 18.0 Å². The number of hydrogen-bond acceptors (Lipinski definition) is 2. The van der Waals surface area contributed by atoms with Gasteiger partial charge in [-0.3, -0.25) is 5.10 Å². The van der Waals surface area contributed by atoms with E-state index in [4.69, 9.17) is 0 Å². The van der Waals surface area contributed by atoms with Gasteiger partial charge < -0.3 is 0 Å². The van der Waals surface area contributed by atoms with Gasteiger partial charge in [-0.05, 0) is 5.75 Å². The molecule has 1 N–H and O–H groups in total. The molecular weight excluding hydrogens is 189 g/mol. The first-order valence-electron chi connectivity index (χ1n) is 3.29. The number of hydrogen-bond donors (Lipinski definition) is 1. The number of aromatic nitrogens is 2. The van der Waals surface area contributed by atoms with Crippen LogP contribution >= 0.6 is 11.8 Å². The molecule has 0 aliphatic heterocycles. The van der Waals surface area contributed by atoms with E-state index in [1.54, 1.807) is 6.92 Å². The van der Waals surface area contributed by atoms with Gasteiger partial charge in [0.2, 0.25) is 0 Å². The zero-order chi connectivity index (χ0) is 9.19. The van der Waals surface area contributed by atoms with Crippen molar-refractivity contribution in [2.24, 2.45) is 0 Å². The van der Waals surface area contributed by atoms with Crippen LogP contribution in [0.3, 0.4) is 0 Å². The maximum Gasteiger partial charge on any atom is 0.433 e. The lowest BCUT2D eigenvalue weighted by Crippen LogP contribution is -2.06. The molecule has 0 radical (unpaired) electrons. The van der Waals surface area contributed by atoms with Crippen molar-refractivity contribution < 1.29 is 13.2 Å². The summed E-state index contributed by atoms with van der Waals surface area (Å²) in [6.45, 7) is 1.79. The number of alkyl halides is 3. The zero-order valence-electron chi connectivity index (χ0n) is 6.27. The second-order valence-electron chi connectivity index (χ2n) is 2.04. The minimum Gasteiger partial charge on any atom is -0.273 e. The van der Waals surface area contributed by atoms with E-state index in [2.05, 4.69) is 5.10 Å². The highest BCUT2D eigenvalue weighted by atomic mass is 32.2. The summed E-state index contributed by atoms with van der Waals surface area (Å²) in [5.74, 6) is 0.600. The third kappa shape index (κ3) is 1.94. The van der Waals surface area contributed by atoms with Crippen LogP contribution in [0, 0.1) is 0 Å². The van der Waals surface area contributed by atoms with Crippen molar-refractivity contribution in [2.75, 3.05) is 5.75 Å². The molecule has 0 spiro atoms. The second kappa shape index (κ2) is 3.38. The fraction of sp³-hybridized carbons (Fsp3) is 0.500. The van der Waals surface area contributed by atoms with Crippen molar-refractivity contribution in [3.05, 3.63) is 11.9 Å². The summed E-state index contributed by atoms with van der Waals surface area (Å²) in [6.07, 6.45) is -3.13. The average molecular weight is 196 g/mol. The van der Waals surface area contributed by atoms with Gasteiger partial charge in [-0.25, -0.2) is 0 Å². The monoisotopic (exact) mass is 196 g/mol. The molecule has 6 heteroatoms. The van der Waals surface area contributed by atoms with Crippen molar-refractivity contribution in [3.63, 3.8) is 0 Å². The Morgan fingerprint density at radius 3 is 2.75 bits per heavy atom. The summed E-state index contributed by atoms with van der Waals surface area (Å²) < 4.78 is 36.4. The lowest BCUT2D eigenvalue weighted by Gasteiger charge is -2.04.